The molecule has 17 heteroatoms. The maximum atomic E-state index is 13.5. The highest BCUT2D eigenvalue weighted by Gasteiger charge is 2.38. The molecule has 40 heavy (non-hydrogen) atoms. The van der Waals surface area contributed by atoms with Gasteiger partial charge in [0.05, 0.1) is 34.3 Å². The molecule has 212 valence electrons. The molecule has 0 aliphatic carbocycles. The van der Waals surface area contributed by atoms with Crippen molar-refractivity contribution in [3.8, 4) is 0 Å². The Morgan fingerprint density at radius 2 is 1.73 bits per heavy atom. The van der Waals surface area contributed by atoms with E-state index in [0.717, 1.165) is 6.07 Å². The number of aromatic nitrogens is 2. The number of hydrogen-bond donors (Lipinski definition) is 0. The highest BCUT2D eigenvalue weighted by atomic mass is 32.2. The summed E-state index contributed by atoms with van der Waals surface area (Å²) < 4.78 is 104. The van der Waals surface area contributed by atoms with Gasteiger partial charge in [0.15, 0.2) is 0 Å². The molecule has 4 rings (SSSR count). The molecule has 1 aromatic heterocycles. The van der Waals surface area contributed by atoms with Gasteiger partial charge in [-0.3, -0.25) is 24.0 Å². The van der Waals surface area contributed by atoms with Crippen LogP contribution in [0.5, 0.6) is 0 Å². The molecule has 9 nitrogen and oxygen atoms in total. The van der Waals surface area contributed by atoms with Crippen molar-refractivity contribution in [1.29, 1.82) is 0 Å². The second kappa shape index (κ2) is 11.2. The Kier molecular flexibility index (Phi) is 8.59. The van der Waals surface area contributed by atoms with E-state index in [1.807, 2.05) is 0 Å². The van der Waals surface area contributed by atoms with Crippen molar-refractivity contribution in [3.63, 3.8) is 0 Å². The first kappa shape index (κ1) is 30.6. The van der Waals surface area contributed by atoms with Gasteiger partial charge in [-0.05, 0) is 53.2 Å². The number of alkyl halides is 6. The number of rotatable bonds is 5. The van der Waals surface area contributed by atoms with Crippen LogP contribution < -0.4 is 0 Å². The number of thioether (sulfide) groups is 1. The van der Waals surface area contributed by atoms with E-state index < -0.39 is 69.7 Å². The predicted molar refractivity (Wildman–Crippen MR) is 131 cm³/mol. The van der Waals surface area contributed by atoms with Crippen LogP contribution in [0.4, 0.5) is 31.1 Å². The fourth-order valence-corrected chi connectivity index (χ4v) is 4.73. The zero-order chi connectivity index (χ0) is 28.7. The summed E-state index contributed by atoms with van der Waals surface area (Å²) in [6.07, 6.45) is -7.38. The number of amides is 3. The molecule has 3 aromatic rings. The van der Waals surface area contributed by atoms with Crippen LogP contribution in [-0.2, 0) is 39.0 Å². The second-order valence-corrected chi connectivity index (χ2v) is 9.57. The monoisotopic (exact) mass is 606 g/mol. The van der Waals surface area contributed by atoms with Crippen LogP contribution in [0.2, 0.25) is 0 Å². The minimum Gasteiger partial charge on any atom is -0.269 e. The molecule has 1 fully saturated rings. The van der Waals surface area contributed by atoms with Crippen molar-refractivity contribution in [1.82, 2.24) is 14.7 Å². The highest BCUT2D eigenvalue weighted by Crippen LogP contribution is 2.38. The molecule has 2 aromatic carbocycles. The summed E-state index contributed by atoms with van der Waals surface area (Å²) in [4.78, 5) is 36.6. The molecule has 0 unspecified atom stereocenters. The quantitative estimate of drug-likeness (QED) is 0.283. The molecular weight excluding hydrogens is 590 g/mol. The van der Waals surface area contributed by atoms with Crippen LogP contribution in [0.15, 0.2) is 51.9 Å². The summed E-state index contributed by atoms with van der Waals surface area (Å²) in [5.41, 5.74) is -2.58. The van der Waals surface area contributed by atoms with Crippen molar-refractivity contribution in [2.75, 3.05) is 6.54 Å². The zero-order valence-corrected chi connectivity index (χ0v) is 20.6. The normalized spacial score (nSPS) is 15.1. The predicted octanol–water partition coefficient (Wildman–Crippen LogP) is 5.38. The highest BCUT2D eigenvalue weighted by molar-refractivity contribution is 8.18. The van der Waals surface area contributed by atoms with Crippen molar-refractivity contribution in [3.05, 3.63) is 69.8 Å². The van der Waals surface area contributed by atoms with E-state index in [4.69, 9.17) is 0 Å². The lowest BCUT2D eigenvalue weighted by Gasteiger charge is -2.16. The van der Waals surface area contributed by atoms with Crippen LogP contribution in [0.3, 0.4) is 0 Å². The van der Waals surface area contributed by atoms with Crippen LogP contribution in [0, 0.1) is 0 Å². The van der Waals surface area contributed by atoms with Crippen molar-refractivity contribution < 1.29 is 49.1 Å². The smallest absolute Gasteiger partial charge is 0.269 e. The van der Waals surface area contributed by atoms with Gasteiger partial charge in [0, 0.05) is 5.39 Å². The first-order chi connectivity index (χ1) is 18.1. The average molecular weight is 607 g/mol. The molecule has 0 radical (unpaired) electrons. The Bertz CT molecular complexity index is 1690. The van der Waals surface area contributed by atoms with Crippen molar-refractivity contribution >= 4 is 56.3 Å². The third-order valence-corrected chi connectivity index (χ3v) is 6.63. The van der Waals surface area contributed by atoms with Gasteiger partial charge in [-0.1, -0.05) is 23.9 Å². The summed E-state index contributed by atoms with van der Waals surface area (Å²) in [5.74, 6) is -2.08. The van der Waals surface area contributed by atoms with Gasteiger partial charge in [-0.2, -0.15) is 39.9 Å². The Balaban J connectivity index is 0.00000441. The maximum absolute atomic E-state index is 13.5. The molecular formula is C23H16F6N4O5S2. The van der Waals surface area contributed by atoms with Gasteiger partial charge in [-0.25, -0.2) is 0 Å². The van der Waals surface area contributed by atoms with Crippen molar-refractivity contribution in [2.24, 2.45) is 4.36 Å². The molecule has 0 N–H and O–H groups in total. The number of halogens is 6. The number of imide groups is 1. The van der Waals surface area contributed by atoms with Crippen LogP contribution in [0.25, 0.3) is 17.0 Å². The number of benzene rings is 2. The molecule has 1 aliphatic rings. The number of carbonyl (C=O) groups excluding carboxylic acids is 3. The summed E-state index contributed by atoms with van der Waals surface area (Å²) in [7, 11) is -3.05. The van der Waals surface area contributed by atoms with Gasteiger partial charge in [0.25, 0.3) is 17.1 Å². The Hall–Kier alpha value is -3.99. The van der Waals surface area contributed by atoms with Crippen LogP contribution >= 0.6 is 11.8 Å². The van der Waals surface area contributed by atoms with E-state index in [1.54, 1.807) is 0 Å². The van der Waals surface area contributed by atoms with E-state index in [-0.39, 0.29) is 18.4 Å². The first-order valence-corrected chi connectivity index (χ1v) is 12.3. The largest absolute Gasteiger partial charge is 0.416 e. The van der Waals surface area contributed by atoms with Gasteiger partial charge in [-0.15, -0.1) is 0 Å². The minimum atomic E-state index is -5.04. The Morgan fingerprint density at radius 1 is 1.02 bits per heavy atom. The minimum absolute atomic E-state index is 0. The number of hydrogen-bond acceptors (Lipinski definition) is 7. The lowest BCUT2D eigenvalue weighted by molar-refractivity contribution is -0.143. The van der Waals surface area contributed by atoms with Crippen LogP contribution in [0.1, 0.15) is 29.7 Å². The molecule has 1 saturated heterocycles. The van der Waals surface area contributed by atoms with E-state index >= 15 is 0 Å². The summed E-state index contributed by atoms with van der Waals surface area (Å²) in [6, 6.07) is 5.79. The van der Waals surface area contributed by atoms with Gasteiger partial charge >= 0.3 is 22.9 Å². The summed E-state index contributed by atoms with van der Waals surface area (Å²) >= 11 is 0.500. The average Bonchev–Trinajstić information content (AvgIpc) is 3.32. The van der Waals surface area contributed by atoms with Crippen LogP contribution in [-0.4, -0.2) is 46.7 Å². The van der Waals surface area contributed by atoms with Gasteiger partial charge < -0.3 is 0 Å². The second-order valence-electron chi connectivity index (χ2n) is 7.96. The first-order valence-electron chi connectivity index (χ1n) is 10.5. The van der Waals surface area contributed by atoms with E-state index in [2.05, 4.69) is 9.46 Å². The maximum Gasteiger partial charge on any atom is 0.416 e. The molecule has 2 heterocycles. The third kappa shape index (κ3) is 6.59. The SMILES string of the molecule is C.O=C(CN1C(=O)SC(=Cc2ccc3c(cnn3Cc3ccc(C(F)(F)F)cc3C(F)(F)F)c2)C1=O)N=S(=O)=O. The topological polar surface area (TPSA) is 119 Å². The Morgan fingerprint density at radius 3 is 2.35 bits per heavy atom. The number of nitrogens with zero attached hydrogens (tertiary/aromatic N) is 4. The number of fused-ring (bicyclic) bond motifs is 1. The van der Waals surface area contributed by atoms with Gasteiger partial charge in [0.2, 0.25) is 0 Å². The fraction of sp³-hybridized carbons (Fsp3) is 0.217. The molecule has 0 saturated carbocycles. The zero-order valence-electron chi connectivity index (χ0n) is 18.9. The lowest BCUT2D eigenvalue weighted by atomic mass is 10.0. The third-order valence-electron chi connectivity index (χ3n) is 5.37. The Labute approximate surface area is 227 Å². The van der Waals surface area contributed by atoms with Crippen molar-refractivity contribution in [2.45, 2.75) is 26.3 Å². The molecule has 3 amide bonds. The van der Waals surface area contributed by atoms with E-state index in [0.29, 0.717) is 39.2 Å². The van der Waals surface area contributed by atoms with Gasteiger partial charge in [0.1, 0.15) is 6.54 Å². The molecule has 0 bridgehead atoms. The fourth-order valence-electron chi connectivity index (χ4n) is 3.67. The standard InChI is InChI=1S/C22H12F6N4O5S2.CH4/c23-21(24,25)14-3-2-12(15(7-14)22(26,27)28)9-32-16-4-1-11(5-13(16)8-29-32)6-17-19(34)31(20(35)38-17)10-18(33)30-39(36)37;/h1-8H,9-10H2;1H4. The summed E-state index contributed by atoms with van der Waals surface area (Å²) in [5, 5.41) is 3.62. The molecule has 0 atom stereocenters. The molecule has 1 aliphatic heterocycles. The lowest BCUT2D eigenvalue weighted by Crippen LogP contribution is -2.32. The molecule has 0 spiro atoms. The van der Waals surface area contributed by atoms with E-state index in [1.165, 1.54) is 35.2 Å². The number of carbonyl (C=O) groups is 3. The summed E-state index contributed by atoms with van der Waals surface area (Å²) in [6.45, 7) is -1.35. The van der Waals surface area contributed by atoms with E-state index in [9.17, 15) is 49.1 Å².